The van der Waals surface area contributed by atoms with Crippen LogP contribution >= 0.6 is 0 Å². The molecule has 0 unspecified atom stereocenters. The van der Waals surface area contributed by atoms with Gasteiger partial charge in [0.05, 0.1) is 0 Å². The molecule has 2 aliphatic carbocycles. The van der Waals surface area contributed by atoms with E-state index in [0.29, 0.717) is 5.41 Å². The quantitative estimate of drug-likeness (QED) is 0.672. The third kappa shape index (κ3) is 3.23. The highest BCUT2D eigenvalue weighted by atomic mass is 14.9. The lowest BCUT2D eigenvalue weighted by Gasteiger charge is -2.23. The highest BCUT2D eigenvalue weighted by Gasteiger charge is 2.44. The molecule has 0 radical (unpaired) electrons. The molecule has 0 spiro atoms. The first-order valence-electron chi connectivity index (χ1n) is 7.44. The minimum absolute atomic E-state index is 0.687. The van der Waals surface area contributed by atoms with Crippen molar-refractivity contribution in [3.8, 4) is 0 Å². The number of hydrogen-bond acceptors (Lipinski definition) is 1. The van der Waals surface area contributed by atoms with Crippen LogP contribution in [0, 0.1) is 17.3 Å². The van der Waals surface area contributed by atoms with Gasteiger partial charge in [-0.3, -0.25) is 0 Å². The van der Waals surface area contributed by atoms with Crippen molar-refractivity contribution in [3.05, 3.63) is 0 Å². The summed E-state index contributed by atoms with van der Waals surface area (Å²) in [5, 5.41) is 3.72. The van der Waals surface area contributed by atoms with E-state index in [1.807, 2.05) is 0 Å². The fraction of sp³-hybridized carbons (Fsp3) is 1.00. The minimum Gasteiger partial charge on any atom is -0.316 e. The maximum atomic E-state index is 3.72. The van der Waals surface area contributed by atoms with Crippen LogP contribution in [0.5, 0.6) is 0 Å². The molecule has 2 fully saturated rings. The Bertz CT molecular complexity index is 199. The average molecular weight is 223 g/mol. The zero-order valence-electron chi connectivity index (χ0n) is 11.2. The molecule has 1 heteroatoms. The SMILES string of the molecule is CC(C)C1(CNCCC2CCCCC2)CC1. The maximum absolute atomic E-state index is 3.72. The van der Waals surface area contributed by atoms with Gasteiger partial charge in [-0.05, 0) is 43.1 Å². The predicted molar refractivity (Wildman–Crippen MR) is 70.6 cm³/mol. The minimum atomic E-state index is 0.687. The topological polar surface area (TPSA) is 12.0 Å². The Morgan fingerprint density at radius 1 is 1.12 bits per heavy atom. The van der Waals surface area contributed by atoms with Gasteiger partial charge in [0.25, 0.3) is 0 Å². The molecular weight excluding hydrogens is 194 g/mol. The highest BCUT2D eigenvalue weighted by Crippen LogP contribution is 2.51. The largest absolute Gasteiger partial charge is 0.316 e. The van der Waals surface area contributed by atoms with E-state index in [1.165, 1.54) is 64.5 Å². The summed E-state index contributed by atoms with van der Waals surface area (Å²) in [6.07, 6.45) is 11.8. The maximum Gasteiger partial charge on any atom is 0.00103 e. The Labute approximate surface area is 101 Å². The summed E-state index contributed by atoms with van der Waals surface area (Å²) in [6.45, 7) is 7.31. The molecule has 0 bridgehead atoms. The van der Waals surface area contributed by atoms with Crippen LogP contribution in [0.3, 0.4) is 0 Å². The molecule has 0 saturated heterocycles. The molecule has 0 heterocycles. The second-order valence-electron chi connectivity index (χ2n) is 6.49. The van der Waals surface area contributed by atoms with Gasteiger partial charge in [0.15, 0.2) is 0 Å². The molecular formula is C15H29N. The summed E-state index contributed by atoms with van der Waals surface area (Å²) < 4.78 is 0. The molecule has 2 aliphatic rings. The van der Waals surface area contributed by atoms with Gasteiger partial charge in [0, 0.05) is 6.54 Å². The van der Waals surface area contributed by atoms with E-state index in [0.717, 1.165) is 11.8 Å². The summed E-state index contributed by atoms with van der Waals surface area (Å²) in [4.78, 5) is 0. The Hall–Kier alpha value is -0.0400. The van der Waals surface area contributed by atoms with Gasteiger partial charge < -0.3 is 5.32 Å². The average Bonchev–Trinajstić information content (AvgIpc) is 3.07. The van der Waals surface area contributed by atoms with E-state index in [9.17, 15) is 0 Å². The third-order valence-electron chi connectivity index (χ3n) is 5.05. The Balaban J connectivity index is 1.55. The van der Waals surface area contributed by atoms with Crippen LogP contribution in [-0.2, 0) is 0 Å². The molecule has 1 nitrogen and oxygen atoms in total. The number of nitrogens with one attached hydrogen (secondary N) is 1. The molecule has 0 aliphatic heterocycles. The van der Waals surface area contributed by atoms with E-state index in [2.05, 4.69) is 19.2 Å². The van der Waals surface area contributed by atoms with Crippen molar-refractivity contribution in [2.24, 2.45) is 17.3 Å². The monoisotopic (exact) mass is 223 g/mol. The Morgan fingerprint density at radius 3 is 2.38 bits per heavy atom. The lowest BCUT2D eigenvalue weighted by molar-refractivity contribution is 0.308. The van der Waals surface area contributed by atoms with Crippen molar-refractivity contribution in [2.75, 3.05) is 13.1 Å². The van der Waals surface area contributed by atoms with Crippen molar-refractivity contribution in [1.29, 1.82) is 0 Å². The second kappa shape index (κ2) is 5.53. The highest BCUT2D eigenvalue weighted by molar-refractivity contribution is 4.97. The van der Waals surface area contributed by atoms with Crippen molar-refractivity contribution >= 4 is 0 Å². The third-order valence-corrected chi connectivity index (χ3v) is 5.05. The zero-order chi connectivity index (χ0) is 11.4. The lowest BCUT2D eigenvalue weighted by atomic mass is 9.87. The van der Waals surface area contributed by atoms with Crippen LogP contribution in [0.2, 0.25) is 0 Å². The summed E-state index contributed by atoms with van der Waals surface area (Å²) in [5.41, 5.74) is 0.687. The molecule has 0 amide bonds. The van der Waals surface area contributed by atoms with E-state index >= 15 is 0 Å². The Morgan fingerprint density at radius 2 is 1.81 bits per heavy atom. The standard InChI is InChI=1S/C15H29N/c1-13(2)15(9-10-15)12-16-11-8-14-6-4-3-5-7-14/h13-14,16H,3-12H2,1-2H3. The van der Waals surface area contributed by atoms with Crippen molar-refractivity contribution in [2.45, 2.75) is 65.2 Å². The molecule has 0 aromatic heterocycles. The van der Waals surface area contributed by atoms with Crippen LogP contribution in [0.15, 0.2) is 0 Å². The first-order chi connectivity index (χ1) is 7.73. The summed E-state index contributed by atoms with van der Waals surface area (Å²) >= 11 is 0. The first kappa shape index (κ1) is 12.4. The van der Waals surface area contributed by atoms with E-state index < -0.39 is 0 Å². The van der Waals surface area contributed by atoms with Gasteiger partial charge in [-0.1, -0.05) is 46.0 Å². The van der Waals surface area contributed by atoms with Gasteiger partial charge >= 0.3 is 0 Å². The molecule has 2 rings (SSSR count). The molecule has 0 aromatic carbocycles. The van der Waals surface area contributed by atoms with Gasteiger partial charge in [-0.2, -0.15) is 0 Å². The van der Waals surface area contributed by atoms with Crippen LogP contribution in [-0.4, -0.2) is 13.1 Å². The van der Waals surface area contributed by atoms with E-state index in [-0.39, 0.29) is 0 Å². The number of hydrogen-bond donors (Lipinski definition) is 1. The summed E-state index contributed by atoms with van der Waals surface area (Å²) in [6, 6.07) is 0. The fourth-order valence-corrected chi connectivity index (χ4v) is 3.24. The molecule has 0 aromatic rings. The van der Waals surface area contributed by atoms with Crippen LogP contribution in [0.4, 0.5) is 0 Å². The van der Waals surface area contributed by atoms with Crippen LogP contribution in [0.25, 0.3) is 0 Å². The van der Waals surface area contributed by atoms with Crippen LogP contribution < -0.4 is 5.32 Å². The van der Waals surface area contributed by atoms with Crippen molar-refractivity contribution in [1.82, 2.24) is 5.32 Å². The molecule has 0 atom stereocenters. The lowest BCUT2D eigenvalue weighted by Crippen LogP contribution is -2.29. The predicted octanol–water partition coefficient (Wildman–Crippen LogP) is 3.98. The van der Waals surface area contributed by atoms with E-state index in [4.69, 9.17) is 0 Å². The van der Waals surface area contributed by atoms with Gasteiger partial charge in [-0.25, -0.2) is 0 Å². The van der Waals surface area contributed by atoms with E-state index in [1.54, 1.807) is 0 Å². The zero-order valence-corrected chi connectivity index (χ0v) is 11.2. The van der Waals surface area contributed by atoms with Gasteiger partial charge in [-0.15, -0.1) is 0 Å². The molecule has 2 saturated carbocycles. The van der Waals surface area contributed by atoms with Crippen molar-refractivity contribution in [3.63, 3.8) is 0 Å². The van der Waals surface area contributed by atoms with Gasteiger partial charge in [0.1, 0.15) is 0 Å². The fourth-order valence-electron chi connectivity index (χ4n) is 3.24. The summed E-state index contributed by atoms with van der Waals surface area (Å²) in [7, 11) is 0. The summed E-state index contributed by atoms with van der Waals surface area (Å²) in [5.74, 6) is 1.91. The van der Waals surface area contributed by atoms with Gasteiger partial charge in [0.2, 0.25) is 0 Å². The smallest absolute Gasteiger partial charge is 0.00103 e. The molecule has 16 heavy (non-hydrogen) atoms. The van der Waals surface area contributed by atoms with Crippen LogP contribution in [0.1, 0.15) is 65.2 Å². The normalized spacial score (nSPS) is 24.9. The Kier molecular flexibility index (Phi) is 4.29. The van der Waals surface area contributed by atoms with Crippen molar-refractivity contribution < 1.29 is 0 Å². The number of rotatable bonds is 6. The molecule has 94 valence electrons. The molecule has 1 N–H and O–H groups in total. The second-order valence-corrected chi connectivity index (χ2v) is 6.49. The first-order valence-corrected chi connectivity index (χ1v) is 7.44.